The van der Waals surface area contributed by atoms with Crippen molar-refractivity contribution >= 4 is 0 Å². The highest BCUT2D eigenvalue weighted by molar-refractivity contribution is 5.45. The second-order valence-electron chi connectivity index (χ2n) is 7.12. The summed E-state index contributed by atoms with van der Waals surface area (Å²) in [5.41, 5.74) is 11.6. The zero-order chi connectivity index (χ0) is 14.1. The molecule has 0 spiro atoms. The van der Waals surface area contributed by atoms with Crippen LogP contribution in [0.5, 0.6) is 0 Å². The fourth-order valence-corrected chi connectivity index (χ4v) is 2.31. The van der Waals surface area contributed by atoms with E-state index < -0.39 is 0 Å². The highest BCUT2D eigenvalue weighted by atomic mass is 14.5. The Morgan fingerprint density at radius 3 is 1.89 bits per heavy atom. The van der Waals surface area contributed by atoms with E-state index in [0.717, 1.165) is 6.42 Å². The largest absolute Gasteiger partial charge is 0.326 e. The van der Waals surface area contributed by atoms with E-state index in [2.05, 4.69) is 60.6 Å². The van der Waals surface area contributed by atoms with Crippen molar-refractivity contribution in [3.8, 4) is 0 Å². The minimum atomic E-state index is 0.137. The first-order chi connectivity index (χ1) is 8.11. The molecule has 18 heavy (non-hydrogen) atoms. The third kappa shape index (κ3) is 3.14. The molecule has 0 fully saturated rings. The molecule has 0 saturated carbocycles. The van der Waals surface area contributed by atoms with Crippen LogP contribution < -0.4 is 5.73 Å². The van der Waals surface area contributed by atoms with Gasteiger partial charge in [0.25, 0.3) is 0 Å². The lowest BCUT2D eigenvalue weighted by atomic mass is 9.76. The van der Waals surface area contributed by atoms with Crippen LogP contribution in [-0.4, -0.2) is 0 Å². The molecule has 0 aromatic heterocycles. The smallest absolute Gasteiger partial charge is 0.0181 e. The summed E-state index contributed by atoms with van der Waals surface area (Å²) in [5, 5.41) is 0. The second-order valence-corrected chi connectivity index (χ2v) is 7.12. The molecule has 0 aliphatic rings. The van der Waals surface area contributed by atoms with Crippen molar-refractivity contribution < 1.29 is 0 Å². The van der Waals surface area contributed by atoms with Gasteiger partial charge in [0.2, 0.25) is 0 Å². The molecule has 1 nitrogen and oxygen atoms in total. The summed E-state index contributed by atoms with van der Waals surface area (Å²) >= 11 is 0. The fraction of sp³-hybridized carbons (Fsp3) is 0.588. The highest BCUT2D eigenvalue weighted by Crippen LogP contribution is 2.33. The molecular weight excluding hydrogens is 218 g/mol. The minimum Gasteiger partial charge on any atom is -0.326 e. The van der Waals surface area contributed by atoms with E-state index in [0.29, 0.717) is 6.54 Å². The first kappa shape index (κ1) is 15.2. The van der Waals surface area contributed by atoms with E-state index in [9.17, 15) is 0 Å². The number of hydrogen-bond acceptors (Lipinski definition) is 1. The Morgan fingerprint density at radius 2 is 1.56 bits per heavy atom. The molecule has 0 heterocycles. The lowest BCUT2D eigenvalue weighted by Crippen LogP contribution is -2.20. The predicted octanol–water partition coefficient (Wildman–Crippen LogP) is 4.12. The Balaban J connectivity index is 3.57. The van der Waals surface area contributed by atoms with E-state index in [1.165, 1.54) is 22.3 Å². The van der Waals surface area contributed by atoms with Crippen LogP contribution in [0.2, 0.25) is 0 Å². The van der Waals surface area contributed by atoms with Crippen LogP contribution in [0.3, 0.4) is 0 Å². The van der Waals surface area contributed by atoms with Crippen molar-refractivity contribution in [1.82, 2.24) is 0 Å². The Morgan fingerprint density at radius 1 is 1.00 bits per heavy atom. The lowest BCUT2D eigenvalue weighted by Gasteiger charge is -2.29. The molecule has 0 bridgehead atoms. The molecule has 0 aliphatic heterocycles. The van der Waals surface area contributed by atoms with Crippen LogP contribution in [-0.2, 0) is 23.8 Å². The zero-order valence-electron chi connectivity index (χ0n) is 12.9. The van der Waals surface area contributed by atoms with Crippen molar-refractivity contribution in [2.24, 2.45) is 5.73 Å². The first-order valence-corrected chi connectivity index (χ1v) is 6.77. The van der Waals surface area contributed by atoms with Crippen molar-refractivity contribution in [1.29, 1.82) is 0 Å². The molecule has 1 rings (SSSR count). The molecule has 1 radical (unpaired) electrons. The molecule has 1 aromatic rings. The van der Waals surface area contributed by atoms with Gasteiger partial charge in [-0.15, -0.1) is 0 Å². The average molecular weight is 246 g/mol. The molecule has 0 atom stereocenters. The third-order valence-corrected chi connectivity index (χ3v) is 3.49. The monoisotopic (exact) mass is 246 g/mol. The van der Waals surface area contributed by atoms with Crippen LogP contribution in [0, 0.1) is 6.92 Å². The molecular formula is C17H28N. The molecule has 0 saturated heterocycles. The van der Waals surface area contributed by atoms with Gasteiger partial charge in [0.15, 0.2) is 0 Å². The van der Waals surface area contributed by atoms with E-state index in [-0.39, 0.29) is 10.8 Å². The van der Waals surface area contributed by atoms with Gasteiger partial charge in [0.1, 0.15) is 0 Å². The molecule has 0 amide bonds. The standard InChI is InChI=1S/C17H28N/c1-8-14-12(11-18)9-13(16(2,3)4)10-15(14)17(5,6)7/h9-10H,1,8,11,18H2,2-7H3. The van der Waals surface area contributed by atoms with Crippen LogP contribution in [0.4, 0.5) is 0 Å². The van der Waals surface area contributed by atoms with Gasteiger partial charge in [-0.05, 0) is 46.4 Å². The average Bonchev–Trinajstić information content (AvgIpc) is 2.24. The lowest BCUT2D eigenvalue weighted by molar-refractivity contribution is 0.562. The van der Waals surface area contributed by atoms with Crippen LogP contribution in [0.15, 0.2) is 12.1 Å². The topological polar surface area (TPSA) is 26.0 Å². The van der Waals surface area contributed by atoms with Crippen molar-refractivity contribution in [3.63, 3.8) is 0 Å². The van der Waals surface area contributed by atoms with Gasteiger partial charge < -0.3 is 5.73 Å². The quantitative estimate of drug-likeness (QED) is 0.834. The number of rotatable bonds is 2. The highest BCUT2D eigenvalue weighted by Gasteiger charge is 2.23. The minimum absolute atomic E-state index is 0.137. The van der Waals surface area contributed by atoms with E-state index in [4.69, 9.17) is 5.73 Å². The van der Waals surface area contributed by atoms with Gasteiger partial charge in [0.05, 0.1) is 0 Å². The summed E-state index contributed by atoms with van der Waals surface area (Å²) in [6.07, 6.45) is 0.809. The second kappa shape index (κ2) is 5.05. The molecule has 1 heteroatoms. The van der Waals surface area contributed by atoms with E-state index in [1.54, 1.807) is 0 Å². The third-order valence-electron chi connectivity index (χ3n) is 3.49. The van der Waals surface area contributed by atoms with Crippen LogP contribution in [0.1, 0.15) is 63.8 Å². The number of benzene rings is 1. The van der Waals surface area contributed by atoms with Crippen molar-refractivity contribution in [3.05, 3.63) is 41.3 Å². The van der Waals surface area contributed by atoms with Gasteiger partial charge in [-0.2, -0.15) is 0 Å². The van der Waals surface area contributed by atoms with Crippen molar-refractivity contribution in [2.75, 3.05) is 0 Å². The summed E-state index contributed by atoms with van der Waals surface area (Å²) < 4.78 is 0. The van der Waals surface area contributed by atoms with Crippen LogP contribution >= 0.6 is 0 Å². The maximum absolute atomic E-state index is 5.92. The molecule has 2 N–H and O–H groups in total. The Bertz CT molecular complexity index is 416. The molecule has 0 unspecified atom stereocenters. The summed E-state index contributed by atoms with van der Waals surface area (Å²) in [5.74, 6) is 0. The van der Waals surface area contributed by atoms with Gasteiger partial charge in [-0.3, -0.25) is 0 Å². The van der Waals surface area contributed by atoms with Crippen LogP contribution in [0.25, 0.3) is 0 Å². The molecule has 101 valence electrons. The molecule has 0 aliphatic carbocycles. The summed E-state index contributed by atoms with van der Waals surface area (Å²) in [6, 6.07) is 4.61. The number of nitrogens with two attached hydrogens (primary N) is 1. The van der Waals surface area contributed by atoms with Crippen molar-refractivity contribution in [2.45, 2.75) is 65.3 Å². The van der Waals surface area contributed by atoms with Gasteiger partial charge in [-0.1, -0.05) is 53.7 Å². The maximum Gasteiger partial charge on any atom is 0.0181 e. The zero-order valence-corrected chi connectivity index (χ0v) is 12.9. The van der Waals surface area contributed by atoms with E-state index in [1.807, 2.05) is 0 Å². The summed E-state index contributed by atoms with van der Waals surface area (Å²) in [4.78, 5) is 0. The summed E-state index contributed by atoms with van der Waals surface area (Å²) in [7, 11) is 0. The van der Waals surface area contributed by atoms with Gasteiger partial charge in [0, 0.05) is 6.54 Å². The summed E-state index contributed by atoms with van der Waals surface area (Å²) in [6.45, 7) is 18.2. The Hall–Kier alpha value is -0.820. The SMILES string of the molecule is [CH2]Cc1c(CN)cc(C(C)(C)C)cc1C(C)(C)C. The first-order valence-electron chi connectivity index (χ1n) is 6.77. The van der Waals surface area contributed by atoms with Gasteiger partial charge in [-0.25, -0.2) is 0 Å². The normalized spacial score (nSPS) is 12.9. The predicted molar refractivity (Wildman–Crippen MR) is 80.8 cm³/mol. The Kier molecular flexibility index (Phi) is 4.27. The molecule has 1 aromatic carbocycles. The number of hydrogen-bond donors (Lipinski definition) is 1. The maximum atomic E-state index is 5.92. The fourth-order valence-electron chi connectivity index (χ4n) is 2.31. The van der Waals surface area contributed by atoms with E-state index >= 15 is 0 Å². The van der Waals surface area contributed by atoms with Gasteiger partial charge >= 0.3 is 0 Å². The Labute approximate surface area is 113 Å².